The highest BCUT2D eigenvalue weighted by atomic mass is 32.1. The number of hydrogen-bond donors (Lipinski definition) is 3. The zero-order chi connectivity index (χ0) is 27.8. The van der Waals surface area contributed by atoms with Crippen LogP contribution in [0.15, 0.2) is 77.3 Å². The number of benzene rings is 2. The van der Waals surface area contributed by atoms with Crippen molar-refractivity contribution in [2.24, 2.45) is 0 Å². The largest absolute Gasteiger partial charge is 0.382 e. The third kappa shape index (κ3) is 4.36. The number of carbonyl (C=O) groups is 1. The van der Waals surface area contributed by atoms with Crippen LogP contribution in [0.2, 0.25) is 0 Å². The van der Waals surface area contributed by atoms with Crippen molar-refractivity contribution in [1.29, 1.82) is 0 Å². The number of nitrogens with zero attached hydrogens (tertiary/aromatic N) is 5. The SMILES string of the molecule is Cc1ncsc1C#Cc1cccc2nc(C(C)NC(=O)c3c(N)[nH][n+]4cccnc34)n(-c3ccccc3)c(=O)c12. The third-order valence-electron chi connectivity index (χ3n) is 6.44. The van der Waals surface area contributed by atoms with Gasteiger partial charge in [0.1, 0.15) is 18.2 Å². The Bertz CT molecular complexity index is 2030. The van der Waals surface area contributed by atoms with E-state index in [1.54, 1.807) is 47.5 Å². The van der Waals surface area contributed by atoms with Gasteiger partial charge in [-0.3, -0.25) is 14.2 Å². The van der Waals surface area contributed by atoms with E-state index in [1.807, 2.05) is 43.3 Å². The Balaban J connectivity index is 1.48. The molecule has 196 valence electrons. The fraction of sp³-hybridized carbons (Fsp3) is 0.103. The van der Waals surface area contributed by atoms with Crippen molar-refractivity contribution in [1.82, 2.24) is 29.9 Å². The molecule has 10 nitrogen and oxygen atoms in total. The first-order chi connectivity index (χ1) is 19.4. The van der Waals surface area contributed by atoms with Gasteiger partial charge in [-0.2, -0.15) is 0 Å². The molecule has 11 heteroatoms. The van der Waals surface area contributed by atoms with Crippen LogP contribution in [-0.4, -0.2) is 30.5 Å². The summed E-state index contributed by atoms with van der Waals surface area (Å²) in [6.45, 7) is 3.67. The molecule has 0 saturated carbocycles. The van der Waals surface area contributed by atoms with Gasteiger partial charge in [-0.25, -0.2) is 15.1 Å². The van der Waals surface area contributed by atoms with Gasteiger partial charge in [-0.1, -0.05) is 30.2 Å². The van der Waals surface area contributed by atoms with Gasteiger partial charge < -0.3 is 11.1 Å². The van der Waals surface area contributed by atoms with Crippen molar-refractivity contribution >= 4 is 39.6 Å². The number of rotatable bonds is 4. The van der Waals surface area contributed by atoms with Crippen molar-refractivity contribution in [3.63, 3.8) is 0 Å². The summed E-state index contributed by atoms with van der Waals surface area (Å²) in [5.74, 6) is 6.37. The highest BCUT2D eigenvalue weighted by Gasteiger charge is 2.27. The first kappa shape index (κ1) is 25.0. The van der Waals surface area contributed by atoms with Gasteiger partial charge in [0, 0.05) is 11.6 Å². The van der Waals surface area contributed by atoms with E-state index in [-0.39, 0.29) is 16.9 Å². The number of thiazole rings is 1. The number of amides is 1. The predicted octanol–water partition coefficient (Wildman–Crippen LogP) is 3.09. The minimum absolute atomic E-state index is 0.176. The van der Waals surface area contributed by atoms with Crippen molar-refractivity contribution < 1.29 is 9.31 Å². The molecule has 4 N–H and O–H groups in total. The summed E-state index contributed by atoms with van der Waals surface area (Å²) in [5.41, 5.74) is 10.7. The van der Waals surface area contributed by atoms with Crippen LogP contribution in [0.1, 0.15) is 45.3 Å². The minimum atomic E-state index is -0.669. The number of nitrogen functional groups attached to an aromatic ring is 1. The van der Waals surface area contributed by atoms with E-state index >= 15 is 0 Å². The first-order valence-corrected chi connectivity index (χ1v) is 13.3. The molecule has 6 rings (SSSR count). The number of aryl methyl sites for hydroxylation is 1. The second-order valence-electron chi connectivity index (χ2n) is 9.07. The van der Waals surface area contributed by atoms with E-state index in [0.717, 1.165) is 10.6 Å². The summed E-state index contributed by atoms with van der Waals surface area (Å²) >= 11 is 1.45. The van der Waals surface area contributed by atoms with Crippen LogP contribution in [0.5, 0.6) is 0 Å². The standard InChI is InChI=1S/C29H22N8O2S/c1-17-22(40-16-32-17)13-12-19-8-6-11-21-23(19)29(39)37(20-9-4-3-5-10-20)26(34-21)18(2)33-28(38)24-25(30)35-36-15-7-14-31-27(24)36/h3-11,14-16,18H,1-2H3,(H3,30,33,35,38)/p+1. The quantitative estimate of drug-likeness (QED) is 0.229. The highest BCUT2D eigenvalue weighted by molar-refractivity contribution is 7.10. The topological polar surface area (TPSA) is 136 Å². The monoisotopic (exact) mass is 547 g/mol. The van der Waals surface area contributed by atoms with Crippen LogP contribution in [-0.2, 0) is 0 Å². The average Bonchev–Trinajstić information content (AvgIpc) is 3.53. The van der Waals surface area contributed by atoms with Gasteiger partial charge in [-0.05, 0) is 49.0 Å². The van der Waals surface area contributed by atoms with E-state index in [9.17, 15) is 9.59 Å². The van der Waals surface area contributed by atoms with Crippen molar-refractivity contribution in [3.05, 3.63) is 110 Å². The van der Waals surface area contributed by atoms with E-state index in [0.29, 0.717) is 33.6 Å². The molecule has 1 unspecified atom stereocenters. The lowest BCUT2D eigenvalue weighted by molar-refractivity contribution is -0.577. The maximum Gasteiger partial charge on any atom is 0.362 e. The van der Waals surface area contributed by atoms with Crippen LogP contribution in [0.3, 0.4) is 0 Å². The molecule has 0 aliphatic carbocycles. The fourth-order valence-electron chi connectivity index (χ4n) is 4.52. The van der Waals surface area contributed by atoms with Crippen molar-refractivity contribution in [2.45, 2.75) is 19.9 Å². The number of anilines is 1. The minimum Gasteiger partial charge on any atom is -0.382 e. The van der Waals surface area contributed by atoms with E-state index in [4.69, 9.17) is 10.7 Å². The average molecular weight is 548 g/mol. The fourth-order valence-corrected chi connectivity index (χ4v) is 5.17. The van der Waals surface area contributed by atoms with Gasteiger partial charge in [0.05, 0.1) is 38.7 Å². The summed E-state index contributed by atoms with van der Waals surface area (Å²) < 4.78 is 3.08. The van der Waals surface area contributed by atoms with Crippen molar-refractivity contribution in [2.75, 3.05) is 5.73 Å². The molecule has 1 atom stereocenters. The molecular weight excluding hydrogens is 524 g/mol. The summed E-state index contributed by atoms with van der Waals surface area (Å²) in [4.78, 5) is 41.8. The number of fused-ring (bicyclic) bond motifs is 2. The number of hydrogen-bond acceptors (Lipinski definition) is 7. The molecule has 40 heavy (non-hydrogen) atoms. The summed E-state index contributed by atoms with van der Waals surface area (Å²) in [5, 5.41) is 6.25. The zero-order valence-corrected chi connectivity index (χ0v) is 22.4. The summed E-state index contributed by atoms with van der Waals surface area (Å²) in [6.07, 6.45) is 3.30. The van der Waals surface area contributed by atoms with Gasteiger partial charge in [0.25, 0.3) is 11.5 Å². The Kier molecular flexibility index (Phi) is 6.30. The molecule has 2 aromatic carbocycles. The first-order valence-electron chi connectivity index (χ1n) is 12.4. The Morgan fingerprint density at radius 2 is 1.95 bits per heavy atom. The number of H-pyrrole nitrogens is 1. The number of para-hydroxylation sites is 1. The lowest BCUT2D eigenvalue weighted by atomic mass is 10.1. The molecule has 1 amide bonds. The lowest BCUT2D eigenvalue weighted by Gasteiger charge is -2.19. The van der Waals surface area contributed by atoms with E-state index < -0.39 is 11.9 Å². The molecule has 6 aromatic rings. The normalized spacial score (nSPS) is 11.8. The zero-order valence-electron chi connectivity index (χ0n) is 21.5. The molecular formula is C29H23N8O2S+. The number of nitrogens with two attached hydrogens (primary N) is 1. The molecule has 0 aliphatic rings. The smallest absolute Gasteiger partial charge is 0.362 e. The van der Waals surface area contributed by atoms with Crippen molar-refractivity contribution in [3.8, 4) is 17.5 Å². The van der Waals surface area contributed by atoms with Crippen LogP contribution < -0.4 is 21.1 Å². The van der Waals surface area contributed by atoms with Gasteiger partial charge >= 0.3 is 5.65 Å². The molecule has 0 saturated heterocycles. The Morgan fingerprint density at radius 1 is 1.12 bits per heavy atom. The Morgan fingerprint density at radius 3 is 2.73 bits per heavy atom. The Hall–Kier alpha value is -5.34. The third-order valence-corrected chi connectivity index (χ3v) is 7.28. The van der Waals surface area contributed by atoms with Crippen LogP contribution in [0.4, 0.5) is 5.82 Å². The molecule has 0 radical (unpaired) electrons. The summed E-state index contributed by atoms with van der Waals surface area (Å²) in [6, 6.07) is 15.6. The van der Waals surface area contributed by atoms with Crippen LogP contribution in [0, 0.1) is 18.8 Å². The molecule has 4 aromatic heterocycles. The number of nitrogens with one attached hydrogen (secondary N) is 2. The molecule has 0 aliphatic heterocycles. The maximum atomic E-state index is 14.1. The molecule has 0 fully saturated rings. The number of aromatic amines is 1. The molecule has 0 bridgehead atoms. The van der Waals surface area contributed by atoms with Gasteiger partial charge in [0.2, 0.25) is 0 Å². The predicted molar refractivity (Wildman–Crippen MR) is 152 cm³/mol. The second-order valence-corrected chi connectivity index (χ2v) is 9.93. The van der Waals surface area contributed by atoms with Gasteiger partial charge in [0.15, 0.2) is 11.4 Å². The highest BCUT2D eigenvalue weighted by Crippen LogP contribution is 2.22. The Labute approximate surface area is 232 Å². The number of carbonyl (C=O) groups excluding carboxylic acids is 1. The maximum absolute atomic E-state index is 14.1. The van der Waals surface area contributed by atoms with Crippen LogP contribution in [0.25, 0.3) is 22.2 Å². The van der Waals surface area contributed by atoms with E-state index in [2.05, 4.69) is 32.2 Å². The lowest BCUT2D eigenvalue weighted by Crippen LogP contribution is -2.34. The van der Waals surface area contributed by atoms with E-state index in [1.165, 1.54) is 15.9 Å². The molecule has 0 spiro atoms. The molecule has 4 heterocycles. The van der Waals surface area contributed by atoms with Crippen LogP contribution >= 0.6 is 11.3 Å². The van der Waals surface area contributed by atoms with Gasteiger partial charge in [-0.15, -0.1) is 15.9 Å². The summed E-state index contributed by atoms with van der Waals surface area (Å²) in [7, 11) is 0. The second kappa shape index (κ2) is 10.1. The number of aromatic nitrogens is 6.